The SMILES string of the molecule is Cn1[nH]c(=O)c2c1[C@]1(C)CC[C@H]2C1(C)C.Cn1c2c(c(=O)n1Cc1cn(C(c3ccccc3)(c3ccccc3)c3ccccc3)nc1C(F)(F)F)[C@H]1CC[C@]2(C)C1(C)C.Cn1c2c(c(=O)n1Cc1cn[nH]c1C(F)(F)F)[C@H]1CC[C@]2(C)C1(C)C. The van der Waals surface area contributed by atoms with Gasteiger partial charge in [-0.25, -0.2) is 9.36 Å². The molecule has 0 aliphatic heterocycles. The van der Waals surface area contributed by atoms with Gasteiger partial charge in [0, 0.05) is 77.1 Å². The Hall–Kier alpha value is -7.31. The molecule has 0 unspecified atom stereocenters. The number of nitrogens with zero attached hydrogens (tertiary/aromatic N) is 8. The smallest absolute Gasteiger partial charge is 0.291 e. The van der Waals surface area contributed by atoms with Crippen LogP contribution in [0, 0.1) is 16.2 Å². The van der Waals surface area contributed by atoms with Crippen molar-refractivity contribution in [1.29, 1.82) is 0 Å². The minimum absolute atomic E-state index is 0.0134. The summed E-state index contributed by atoms with van der Waals surface area (Å²) < 4.78 is 93.6. The summed E-state index contributed by atoms with van der Waals surface area (Å²) in [5.41, 5.74) is 4.67. The maximum absolute atomic E-state index is 14.8. The zero-order chi connectivity index (χ0) is 60.4. The van der Waals surface area contributed by atoms with Gasteiger partial charge in [0.1, 0.15) is 11.2 Å². The third-order valence-electron chi connectivity index (χ3n) is 22.8. The van der Waals surface area contributed by atoms with Crippen molar-refractivity contribution in [1.82, 2.24) is 48.5 Å². The molecule has 8 aromatic rings. The third kappa shape index (κ3) is 7.56. The van der Waals surface area contributed by atoms with E-state index >= 15 is 0 Å². The van der Waals surface area contributed by atoms with Gasteiger partial charge in [-0.15, -0.1) is 0 Å². The number of halogens is 6. The molecule has 3 fully saturated rings. The summed E-state index contributed by atoms with van der Waals surface area (Å²) in [6, 6.07) is 28.4. The lowest BCUT2D eigenvalue weighted by Crippen LogP contribution is -2.38. The molecule has 13 nitrogen and oxygen atoms in total. The fraction of sp³-hybridized carbons (Fsp3) is 0.492. The van der Waals surface area contributed by atoms with Gasteiger partial charge in [0.05, 0.1) is 30.7 Å². The number of hydrogen-bond acceptors (Lipinski definition) is 5. The van der Waals surface area contributed by atoms with Crippen molar-refractivity contribution in [3.05, 3.63) is 207 Å². The largest absolute Gasteiger partial charge is 0.435 e. The van der Waals surface area contributed by atoms with Crippen LogP contribution in [-0.4, -0.2) is 48.5 Å². The predicted molar refractivity (Wildman–Crippen MR) is 308 cm³/mol. The molecule has 6 bridgehead atoms. The first kappa shape index (κ1) is 57.1. The summed E-state index contributed by atoms with van der Waals surface area (Å²) in [4.78, 5) is 38.9. The van der Waals surface area contributed by atoms with E-state index < -0.39 is 29.3 Å². The monoisotopic (exact) mass is 1160 g/mol. The second kappa shape index (κ2) is 18.6. The number of aromatic amines is 2. The van der Waals surface area contributed by atoms with Gasteiger partial charge in [0.15, 0.2) is 5.69 Å². The Morgan fingerprint density at radius 2 is 0.929 bits per heavy atom. The number of rotatable bonds is 8. The molecule has 5 heterocycles. The standard InChI is InChI=1S/C36H35F3N4O.C17H21F3N4O.C12H18N2O/c1-33(2)28-20-21-34(33,3)31-29(28)32(44)42(41(31)4)22-24-23-43(40-30(24)36(37,38)39)35(25-14-8-5-9-15-25,26-16-10-6-11-17-26)27-18-12-7-13-19-27;1-15(2)10-5-6-16(15,3)13-11(10)14(25)24(23(13)4)8-9-7-21-22-12(9)17(18,19)20;1-11(2)7-5-6-12(11,3)9-8(7)10(15)13-14(9)4/h5-19,23,28H,20-22H2,1-4H3;7,10H,5-6,8H2,1-4H3,(H,21,22);7H,5-6H2,1-4H3,(H,13,15)/t28-,34+;10-,16+;7-,12+/m111/s1. The average Bonchev–Trinajstić information content (AvgIpc) is 1.56. The molecule has 3 saturated carbocycles. The van der Waals surface area contributed by atoms with Crippen LogP contribution in [0.25, 0.3) is 0 Å². The van der Waals surface area contributed by atoms with E-state index in [1.165, 1.54) is 38.8 Å². The Balaban J connectivity index is 0.000000144. The molecule has 19 heteroatoms. The molecule has 444 valence electrons. The van der Waals surface area contributed by atoms with Crippen LogP contribution in [0.1, 0.15) is 192 Å². The van der Waals surface area contributed by atoms with Gasteiger partial charge in [-0.2, -0.15) is 36.5 Å². The van der Waals surface area contributed by atoms with E-state index in [-0.39, 0.29) is 85.2 Å². The van der Waals surface area contributed by atoms with Crippen LogP contribution < -0.4 is 16.7 Å². The van der Waals surface area contributed by atoms with Crippen LogP contribution >= 0.6 is 0 Å². The molecule has 0 saturated heterocycles. The summed E-state index contributed by atoms with van der Waals surface area (Å²) in [6.45, 7) is 19.7. The van der Waals surface area contributed by atoms with Crippen molar-refractivity contribution in [3.63, 3.8) is 0 Å². The Kier molecular flexibility index (Phi) is 12.6. The molecular weight excluding hydrogens is 1080 g/mol. The number of aromatic nitrogens is 10. The second-order valence-corrected chi connectivity index (χ2v) is 27.0. The Labute approximate surface area is 483 Å². The fourth-order valence-electron chi connectivity index (χ4n) is 17.3. The summed E-state index contributed by atoms with van der Waals surface area (Å²) in [5, 5.41) is 12.8. The lowest BCUT2D eigenvalue weighted by atomic mass is 9.70. The summed E-state index contributed by atoms with van der Waals surface area (Å²) in [6.07, 6.45) is -0.425. The maximum Gasteiger partial charge on any atom is 0.435 e. The number of aryl methyl sites for hydroxylation is 1. The lowest BCUT2D eigenvalue weighted by molar-refractivity contribution is -0.142. The molecule has 6 aliphatic rings. The van der Waals surface area contributed by atoms with E-state index in [1.807, 2.05) is 120 Å². The topological polar surface area (TPSA) is 138 Å². The Morgan fingerprint density at radius 1 is 0.536 bits per heavy atom. The van der Waals surface area contributed by atoms with Gasteiger partial charge >= 0.3 is 12.4 Å². The van der Waals surface area contributed by atoms with Crippen molar-refractivity contribution in [2.75, 3.05) is 0 Å². The van der Waals surface area contributed by atoms with Crippen molar-refractivity contribution >= 4 is 0 Å². The lowest BCUT2D eigenvalue weighted by Gasteiger charge is -2.36. The Morgan fingerprint density at radius 3 is 1.31 bits per heavy atom. The highest BCUT2D eigenvalue weighted by Crippen LogP contribution is 2.69. The number of nitrogens with one attached hydrogen (secondary N) is 2. The molecule has 84 heavy (non-hydrogen) atoms. The number of H-pyrrole nitrogens is 2. The molecule has 3 aromatic carbocycles. The highest BCUT2D eigenvalue weighted by molar-refractivity contribution is 5.52. The van der Waals surface area contributed by atoms with Crippen molar-refractivity contribution in [2.24, 2.45) is 37.4 Å². The minimum atomic E-state index is -4.74. The zero-order valence-corrected chi connectivity index (χ0v) is 49.8. The van der Waals surface area contributed by atoms with Crippen LogP contribution in [0.2, 0.25) is 0 Å². The van der Waals surface area contributed by atoms with Crippen LogP contribution in [0.5, 0.6) is 0 Å². The molecule has 5 aromatic heterocycles. The number of hydrogen-bond donors (Lipinski definition) is 2. The average molecular weight is 1160 g/mol. The first-order valence-electron chi connectivity index (χ1n) is 29.1. The van der Waals surface area contributed by atoms with Gasteiger partial charge in [-0.3, -0.25) is 43.3 Å². The summed E-state index contributed by atoms with van der Waals surface area (Å²) >= 11 is 0. The van der Waals surface area contributed by atoms with E-state index in [2.05, 4.69) is 77.6 Å². The first-order chi connectivity index (χ1) is 39.3. The van der Waals surface area contributed by atoms with E-state index in [4.69, 9.17) is 0 Å². The normalized spacial score (nSPS) is 25.3. The van der Waals surface area contributed by atoms with Crippen molar-refractivity contribution in [3.8, 4) is 0 Å². The molecule has 6 aliphatic carbocycles. The molecule has 2 N–H and O–H groups in total. The highest BCUT2D eigenvalue weighted by Gasteiger charge is 2.65. The van der Waals surface area contributed by atoms with E-state index in [0.717, 1.165) is 76.6 Å². The van der Waals surface area contributed by atoms with E-state index in [0.29, 0.717) is 5.92 Å². The highest BCUT2D eigenvalue weighted by atomic mass is 19.4. The molecule has 14 rings (SSSR count). The van der Waals surface area contributed by atoms with Crippen LogP contribution in [0.15, 0.2) is 118 Å². The van der Waals surface area contributed by atoms with Gasteiger partial charge in [0.25, 0.3) is 16.7 Å². The molecule has 0 spiro atoms. The molecule has 6 atom stereocenters. The Bertz CT molecular complexity index is 3970. The quantitative estimate of drug-likeness (QED) is 0.115. The summed E-state index contributed by atoms with van der Waals surface area (Å²) in [5.74, 6) is 0.718. The van der Waals surface area contributed by atoms with Crippen molar-refractivity contribution < 1.29 is 26.3 Å². The number of fused-ring (bicyclic) bond motifs is 15. The maximum atomic E-state index is 14.8. The van der Waals surface area contributed by atoms with Crippen LogP contribution in [-0.2, 0) is 68.4 Å². The third-order valence-corrected chi connectivity index (χ3v) is 22.8. The van der Waals surface area contributed by atoms with Crippen LogP contribution in [0.3, 0.4) is 0 Å². The molecule has 0 amide bonds. The second-order valence-electron chi connectivity index (χ2n) is 27.0. The van der Waals surface area contributed by atoms with Gasteiger partial charge in [-0.1, -0.05) is 153 Å². The molecular formula is C65H74F6N10O3. The van der Waals surface area contributed by atoms with E-state index in [9.17, 15) is 40.7 Å². The van der Waals surface area contributed by atoms with Crippen molar-refractivity contribution in [2.45, 2.75) is 166 Å². The minimum Gasteiger partial charge on any atom is -0.291 e. The zero-order valence-electron chi connectivity index (χ0n) is 49.8. The number of alkyl halides is 6. The van der Waals surface area contributed by atoms with Crippen LogP contribution in [0.4, 0.5) is 26.3 Å². The van der Waals surface area contributed by atoms with E-state index in [1.54, 1.807) is 11.7 Å². The van der Waals surface area contributed by atoms with Gasteiger partial charge in [0.2, 0.25) is 0 Å². The fourth-order valence-corrected chi connectivity index (χ4v) is 17.3. The van der Waals surface area contributed by atoms with Gasteiger partial charge < -0.3 is 0 Å². The molecule has 0 radical (unpaired) electrons. The predicted octanol–water partition coefficient (Wildman–Crippen LogP) is 12.5. The first-order valence-corrected chi connectivity index (χ1v) is 29.1. The summed E-state index contributed by atoms with van der Waals surface area (Å²) in [7, 11) is 5.54. The van der Waals surface area contributed by atoms with Gasteiger partial charge in [-0.05, 0) is 89.2 Å². The number of benzene rings is 3.